The summed E-state index contributed by atoms with van der Waals surface area (Å²) in [4.78, 5) is 14.6. The first-order chi connectivity index (χ1) is 8.22. The molecular weight excluding hydrogens is 238 g/mol. The second kappa shape index (κ2) is 8.00. The molecule has 0 aliphatic heterocycles. The molecule has 1 rings (SSSR count). The third-order valence-electron chi connectivity index (χ3n) is 2.65. The Morgan fingerprint density at radius 2 is 2.35 bits per heavy atom. The number of aliphatic carboxylic acids is 1. The molecule has 5 nitrogen and oxygen atoms in total. The fourth-order valence-electron chi connectivity index (χ4n) is 1.80. The molecule has 1 aromatic heterocycles. The van der Waals surface area contributed by atoms with E-state index in [2.05, 4.69) is 21.6 Å². The van der Waals surface area contributed by atoms with E-state index in [1.807, 2.05) is 0 Å². The topological polar surface area (TPSA) is 75.1 Å². The molecule has 0 saturated carbocycles. The van der Waals surface area contributed by atoms with Gasteiger partial charge in [0.25, 0.3) is 0 Å². The van der Waals surface area contributed by atoms with Crippen molar-refractivity contribution in [1.82, 2.24) is 9.36 Å². The Morgan fingerprint density at radius 3 is 2.94 bits per heavy atom. The highest BCUT2D eigenvalue weighted by Gasteiger charge is 2.10. The van der Waals surface area contributed by atoms with Gasteiger partial charge in [-0.05, 0) is 18.8 Å². The van der Waals surface area contributed by atoms with Gasteiger partial charge in [0, 0.05) is 24.5 Å². The molecule has 0 saturated heterocycles. The minimum atomic E-state index is -0.705. The van der Waals surface area contributed by atoms with Crippen LogP contribution in [0.2, 0.25) is 0 Å². The lowest BCUT2D eigenvalue weighted by Crippen LogP contribution is -2.10. The van der Waals surface area contributed by atoms with Crippen LogP contribution in [0, 0.1) is 5.92 Å². The molecule has 17 heavy (non-hydrogen) atoms. The van der Waals surface area contributed by atoms with Crippen LogP contribution in [0.5, 0.6) is 0 Å². The average molecular weight is 257 g/mol. The van der Waals surface area contributed by atoms with Crippen molar-refractivity contribution in [3.8, 4) is 0 Å². The maximum Gasteiger partial charge on any atom is 0.303 e. The second-order valence-corrected chi connectivity index (χ2v) is 4.83. The van der Waals surface area contributed by atoms with E-state index in [0.717, 1.165) is 37.4 Å². The first kappa shape index (κ1) is 13.9. The predicted octanol–water partition coefficient (Wildman–Crippen LogP) is 2.62. The lowest BCUT2D eigenvalue weighted by Gasteiger charge is -2.14. The highest BCUT2D eigenvalue weighted by Crippen LogP contribution is 2.18. The number of nitrogens with one attached hydrogen (secondary N) is 1. The first-order valence-electron chi connectivity index (χ1n) is 5.94. The fourth-order valence-corrected chi connectivity index (χ4v) is 2.26. The summed E-state index contributed by atoms with van der Waals surface area (Å²) in [6.07, 6.45) is 5.74. The van der Waals surface area contributed by atoms with Crippen LogP contribution < -0.4 is 5.32 Å². The van der Waals surface area contributed by atoms with Gasteiger partial charge in [-0.2, -0.15) is 4.37 Å². The van der Waals surface area contributed by atoms with Crippen LogP contribution in [0.25, 0.3) is 0 Å². The van der Waals surface area contributed by atoms with Crippen molar-refractivity contribution in [2.45, 2.75) is 39.0 Å². The summed E-state index contributed by atoms with van der Waals surface area (Å²) < 4.78 is 3.91. The van der Waals surface area contributed by atoms with Gasteiger partial charge in [0.15, 0.2) is 0 Å². The van der Waals surface area contributed by atoms with Crippen LogP contribution in [0.4, 0.5) is 5.13 Å². The van der Waals surface area contributed by atoms with Crippen molar-refractivity contribution >= 4 is 22.6 Å². The van der Waals surface area contributed by atoms with Gasteiger partial charge in [-0.1, -0.05) is 19.8 Å². The average Bonchev–Trinajstić information content (AvgIpc) is 2.78. The smallest absolute Gasteiger partial charge is 0.303 e. The molecule has 0 aliphatic rings. The standard InChI is InChI=1S/C11H19N3O2S/c1-2-3-9(4-5-10(15)16)6-7-12-11-13-8-14-17-11/h8-9H,2-7H2,1H3,(H,15,16)(H,12,13,14). The molecular formula is C11H19N3O2S. The van der Waals surface area contributed by atoms with Crippen LogP contribution in [-0.4, -0.2) is 27.0 Å². The number of rotatable bonds is 9. The minimum absolute atomic E-state index is 0.267. The Hall–Kier alpha value is -1.17. The molecule has 0 bridgehead atoms. The van der Waals surface area contributed by atoms with E-state index in [1.54, 1.807) is 0 Å². The number of carboxylic acids is 1. The Kier molecular flexibility index (Phi) is 6.54. The van der Waals surface area contributed by atoms with Crippen LogP contribution in [-0.2, 0) is 4.79 Å². The van der Waals surface area contributed by atoms with Crippen LogP contribution in [0.15, 0.2) is 6.33 Å². The zero-order chi connectivity index (χ0) is 12.5. The van der Waals surface area contributed by atoms with Gasteiger partial charge < -0.3 is 10.4 Å². The summed E-state index contributed by atoms with van der Waals surface area (Å²) in [5.74, 6) is -0.222. The van der Waals surface area contributed by atoms with Gasteiger partial charge >= 0.3 is 5.97 Å². The van der Waals surface area contributed by atoms with E-state index >= 15 is 0 Å². The number of carbonyl (C=O) groups is 1. The quantitative estimate of drug-likeness (QED) is 0.711. The van der Waals surface area contributed by atoms with Gasteiger partial charge in [0.2, 0.25) is 5.13 Å². The SMILES string of the molecule is CCCC(CCNc1ncns1)CCC(=O)O. The minimum Gasteiger partial charge on any atom is -0.481 e. The zero-order valence-corrected chi connectivity index (χ0v) is 10.9. The number of hydrogen-bond acceptors (Lipinski definition) is 5. The normalized spacial score (nSPS) is 12.3. The van der Waals surface area contributed by atoms with Crippen LogP contribution in [0.1, 0.15) is 39.0 Å². The molecule has 0 spiro atoms. The van der Waals surface area contributed by atoms with Crippen LogP contribution >= 0.6 is 11.5 Å². The summed E-state index contributed by atoms with van der Waals surface area (Å²) in [6.45, 7) is 2.96. The molecule has 0 aliphatic carbocycles. The van der Waals surface area contributed by atoms with Crippen molar-refractivity contribution in [3.05, 3.63) is 6.33 Å². The molecule has 1 atom stereocenters. The number of aromatic nitrogens is 2. The Labute approximate surface area is 105 Å². The maximum atomic E-state index is 10.5. The van der Waals surface area contributed by atoms with E-state index in [1.165, 1.54) is 17.9 Å². The molecule has 1 heterocycles. The number of anilines is 1. The van der Waals surface area contributed by atoms with Gasteiger partial charge in [0.05, 0.1) is 0 Å². The molecule has 6 heteroatoms. The fraction of sp³-hybridized carbons (Fsp3) is 0.727. The highest BCUT2D eigenvalue weighted by molar-refractivity contribution is 7.09. The summed E-state index contributed by atoms with van der Waals surface area (Å²) in [5.41, 5.74) is 0. The van der Waals surface area contributed by atoms with E-state index < -0.39 is 5.97 Å². The first-order valence-corrected chi connectivity index (χ1v) is 6.72. The van der Waals surface area contributed by atoms with Crippen molar-refractivity contribution in [3.63, 3.8) is 0 Å². The second-order valence-electron chi connectivity index (χ2n) is 4.05. The summed E-state index contributed by atoms with van der Waals surface area (Å²) in [7, 11) is 0. The summed E-state index contributed by atoms with van der Waals surface area (Å²) in [6, 6.07) is 0. The van der Waals surface area contributed by atoms with E-state index in [-0.39, 0.29) is 6.42 Å². The van der Waals surface area contributed by atoms with Gasteiger partial charge in [-0.25, -0.2) is 4.98 Å². The van der Waals surface area contributed by atoms with Crippen molar-refractivity contribution in [2.75, 3.05) is 11.9 Å². The lowest BCUT2D eigenvalue weighted by atomic mass is 9.94. The number of nitrogens with zero attached hydrogens (tertiary/aromatic N) is 2. The van der Waals surface area contributed by atoms with E-state index in [0.29, 0.717) is 5.92 Å². The molecule has 0 amide bonds. The lowest BCUT2D eigenvalue weighted by molar-refractivity contribution is -0.137. The molecule has 0 fully saturated rings. The largest absolute Gasteiger partial charge is 0.481 e. The highest BCUT2D eigenvalue weighted by atomic mass is 32.1. The molecule has 1 aromatic rings. The summed E-state index contributed by atoms with van der Waals surface area (Å²) in [5, 5.41) is 12.7. The van der Waals surface area contributed by atoms with Crippen molar-refractivity contribution in [1.29, 1.82) is 0 Å². The molecule has 0 radical (unpaired) electrons. The van der Waals surface area contributed by atoms with Crippen LogP contribution in [0.3, 0.4) is 0 Å². The van der Waals surface area contributed by atoms with E-state index in [9.17, 15) is 4.79 Å². The zero-order valence-electron chi connectivity index (χ0n) is 10.1. The van der Waals surface area contributed by atoms with Gasteiger partial charge in [-0.15, -0.1) is 0 Å². The molecule has 2 N–H and O–H groups in total. The van der Waals surface area contributed by atoms with E-state index in [4.69, 9.17) is 5.11 Å². The van der Waals surface area contributed by atoms with Gasteiger partial charge in [0.1, 0.15) is 6.33 Å². The third-order valence-corrected chi connectivity index (χ3v) is 3.28. The maximum absolute atomic E-state index is 10.5. The Bertz CT molecular complexity index is 317. The summed E-state index contributed by atoms with van der Waals surface area (Å²) >= 11 is 1.34. The third kappa shape index (κ3) is 6.21. The van der Waals surface area contributed by atoms with Gasteiger partial charge in [-0.3, -0.25) is 4.79 Å². The monoisotopic (exact) mass is 257 g/mol. The molecule has 0 aromatic carbocycles. The molecule has 1 unspecified atom stereocenters. The van der Waals surface area contributed by atoms with Crippen molar-refractivity contribution < 1.29 is 9.90 Å². The molecule has 96 valence electrons. The number of hydrogen-bond donors (Lipinski definition) is 2. The number of carboxylic acid groups (broad SMARTS) is 1. The predicted molar refractivity (Wildman–Crippen MR) is 68.3 cm³/mol. The van der Waals surface area contributed by atoms with Crippen molar-refractivity contribution in [2.24, 2.45) is 5.92 Å². The Balaban J connectivity index is 2.21. The Morgan fingerprint density at radius 1 is 1.53 bits per heavy atom.